The van der Waals surface area contributed by atoms with Gasteiger partial charge in [0.1, 0.15) is 5.69 Å². The standard InChI is InChI=1S/C15H14N4OS/c1-10(20)13-7-6-12(9-16-13)21-18-14-5-3-4-11-8-17-19(2)15(11)14/h3-9,18H,1-2H3. The Morgan fingerprint density at radius 3 is 2.81 bits per heavy atom. The van der Waals surface area contributed by atoms with Gasteiger partial charge in [0.05, 0.1) is 17.4 Å². The van der Waals surface area contributed by atoms with Gasteiger partial charge in [-0.15, -0.1) is 0 Å². The SMILES string of the molecule is CC(=O)c1ccc(SNc2cccc3cnn(C)c23)cn1. The number of aryl methyl sites for hydroxylation is 1. The molecule has 0 bridgehead atoms. The molecule has 6 heteroatoms. The second kappa shape index (κ2) is 5.57. The summed E-state index contributed by atoms with van der Waals surface area (Å²) in [5.74, 6) is -0.0286. The van der Waals surface area contributed by atoms with Crippen molar-refractivity contribution >= 4 is 34.3 Å². The number of aromatic nitrogens is 3. The molecule has 3 aromatic rings. The molecule has 0 radical (unpaired) electrons. The molecule has 0 saturated carbocycles. The lowest BCUT2D eigenvalue weighted by Crippen LogP contribution is -1.97. The van der Waals surface area contributed by atoms with Gasteiger partial charge in [-0.25, -0.2) is 0 Å². The smallest absolute Gasteiger partial charge is 0.178 e. The molecule has 0 amide bonds. The van der Waals surface area contributed by atoms with Gasteiger partial charge in [-0.05, 0) is 30.1 Å². The average Bonchev–Trinajstić information content (AvgIpc) is 2.88. The first-order valence-corrected chi connectivity index (χ1v) is 7.27. The zero-order valence-corrected chi connectivity index (χ0v) is 12.5. The molecule has 2 heterocycles. The number of anilines is 1. The lowest BCUT2D eigenvalue weighted by molar-refractivity contribution is 0.101. The summed E-state index contributed by atoms with van der Waals surface area (Å²) in [5.41, 5.74) is 2.53. The van der Waals surface area contributed by atoms with Crippen molar-refractivity contribution in [2.75, 3.05) is 4.72 Å². The second-order valence-electron chi connectivity index (χ2n) is 4.65. The second-order valence-corrected chi connectivity index (χ2v) is 5.53. The predicted octanol–water partition coefficient (Wildman–Crippen LogP) is 3.29. The highest BCUT2D eigenvalue weighted by Crippen LogP contribution is 2.27. The van der Waals surface area contributed by atoms with E-state index < -0.39 is 0 Å². The number of nitrogens with zero attached hydrogens (tertiary/aromatic N) is 3. The molecule has 2 aromatic heterocycles. The van der Waals surface area contributed by atoms with Crippen LogP contribution in [0.2, 0.25) is 0 Å². The van der Waals surface area contributed by atoms with E-state index in [9.17, 15) is 4.79 Å². The highest BCUT2D eigenvalue weighted by Gasteiger charge is 2.06. The predicted molar refractivity (Wildman–Crippen MR) is 84.4 cm³/mol. The summed E-state index contributed by atoms with van der Waals surface area (Å²) in [5, 5.41) is 5.35. The van der Waals surface area contributed by atoms with E-state index in [1.165, 1.54) is 18.9 Å². The van der Waals surface area contributed by atoms with Crippen molar-refractivity contribution in [1.29, 1.82) is 0 Å². The van der Waals surface area contributed by atoms with Crippen LogP contribution < -0.4 is 4.72 Å². The molecule has 5 nitrogen and oxygen atoms in total. The molecule has 1 aromatic carbocycles. The number of fused-ring (bicyclic) bond motifs is 1. The highest BCUT2D eigenvalue weighted by atomic mass is 32.2. The van der Waals surface area contributed by atoms with Crippen LogP contribution in [-0.4, -0.2) is 20.5 Å². The zero-order chi connectivity index (χ0) is 14.8. The number of nitrogens with one attached hydrogen (secondary N) is 1. The van der Waals surface area contributed by atoms with E-state index in [-0.39, 0.29) is 5.78 Å². The lowest BCUT2D eigenvalue weighted by Gasteiger charge is -2.08. The quantitative estimate of drug-likeness (QED) is 0.591. The third-order valence-corrected chi connectivity index (χ3v) is 3.94. The molecule has 106 valence electrons. The molecule has 0 unspecified atom stereocenters. The van der Waals surface area contributed by atoms with E-state index in [0.29, 0.717) is 5.69 Å². The van der Waals surface area contributed by atoms with Gasteiger partial charge in [-0.3, -0.25) is 14.5 Å². The van der Waals surface area contributed by atoms with Crippen molar-refractivity contribution in [3.8, 4) is 0 Å². The van der Waals surface area contributed by atoms with Crippen molar-refractivity contribution < 1.29 is 4.79 Å². The number of hydrogen-bond acceptors (Lipinski definition) is 5. The van der Waals surface area contributed by atoms with E-state index in [4.69, 9.17) is 0 Å². The monoisotopic (exact) mass is 298 g/mol. The van der Waals surface area contributed by atoms with Crippen LogP contribution in [0.5, 0.6) is 0 Å². The van der Waals surface area contributed by atoms with E-state index in [1.807, 2.05) is 42.2 Å². The van der Waals surface area contributed by atoms with Gasteiger partial charge in [0.15, 0.2) is 5.78 Å². The van der Waals surface area contributed by atoms with Gasteiger partial charge in [0.25, 0.3) is 0 Å². The van der Waals surface area contributed by atoms with Crippen molar-refractivity contribution in [2.45, 2.75) is 11.8 Å². The van der Waals surface area contributed by atoms with Crippen molar-refractivity contribution in [1.82, 2.24) is 14.8 Å². The number of pyridine rings is 1. The summed E-state index contributed by atoms with van der Waals surface area (Å²) in [4.78, 5) is 16.3. The lowest BCUT2D eigenvalue weighted by atomic mass is 10.2. The molecule has 0 aliphatic carbocycles. The molecular weight excluding hydrogens is 284 g/mol. The van der Waals surface area contributed by atoms with Gasteiger partial charge in [0, 0.05) is 30.4 Å². The molecule has 21 heavy (non-hydrogen) atoms. The minimum absolute atomic E-state index is 0.0286. The van der Waals surface area contributed by atoms with Gasteiger partial charge < -0.3 is 4.72 Å². The Balaban J connectivity index is 1.80. The first kappa shape index (κ1) is 13.6. The average molecular weight is 298 g/mol. The molecule has 1 N–H and O–H groups in total. The third-order valence-electron chi connectivity index (χ3n) is 3.14. The van der Waals surface area contributed by atoms with Crippen LogP contribution in [0.1, 0.15) is 17.4 Å². The first-order chi connectivity index (χ1) is 10.1. The summed E-state index contributed by atoms with van der Waals surface area (Å²) < 4.78 is 5.15. The maximum Gasteiger partial charge on any atom is 0.178 e. The molecule has 0 saturated heterocycles. The number of carbonyl (C=O) groups excluding carboxylic acids is 1. The van der Waals surface area contributed by atoms with Crippen molar-refractivity contribution in [3.05, 3.63) is 48.4 Å². The van der Waals surface area contributed by atoms with Crippen LogP contribution in [0.3, 0.4) is 0 Å². The van der Waals surface area contributed by atoms with E-state index in [1.54, 1.807) is 12.3 Å². The topological polar surface area (TPSA) is 59.8 Å². The number of hydrogen-bond donors (Lipinski definition) is 1. The fourth-order valence-electron chi connectivity index (χ4n) is 2.08. The Morgan fingerprint density at radius 1 is 1.24 bits per heavy atom. The van der Waals surface area contributed by atoms with E-state index in [0.717, 1.165) is 21.5 Å². The molecule has 0 spiro atoms. The van der Waals surface area contributed by atoms with Crippen LogP contribution in [0.25, 0.3) is 10.9 Å². The van der Waals surface area contributed by atoms with E-state index >= 15 is 0 Å². The first-order valence-electron chi connectivity index (χ1n) is 6.46. The van der Waals surface area contributed by atoms with Gasteiger partial charge in [-0.1, -0.05) is 12.1 Å². The number of rotatable bonds is 4. The number of benzene rings is 1. The van der Waals surface area contributed by atoms with Gasteiger partial charge in [-0.2, -0.15) is 5.10 Å². The van der Waals surface area contributed by atoms with Gasteiger partial charge in [0.2, 0.25) is 0 Å². The minimum Gasteiger partial charge on any atom is -0.324 e. The summed E-state index contributed by atoms with van der Waals surface area (Å²) in [6, 6.07) is 9.64. The highest BCUT2D eigenvalue weighted by molar-refractivity contribution is 8.00. The Labute approximate surface area is 126 Å². The van der Waals surface area contributed by atoms with Gasteiger partial charge >= 0.3 is 0 Å². The van der Waals surface area contributed by atoms with Crippen LogP contribution in [-0.2, 0) is 7.05 Å². The number of carbonyl (C=O) groups is 1. The Bertz CT molecular complexity index is 795. The minimum atomic E-state index is -0.0286. The molecule has 0 aliphatic heterocycles. The Morgan fingerprint density at radius 2 is 2.10 bits per heavy atom. The van der Waals surface area contributed by atoms with Crippen LogP contribution in [0.4, 0.5) is 5.69 Å². The third kappa shape index (κ3) is 2.75. The summed E-state index contributed by atoms with van der Waals surface area (Å²) in [6.45, 7) is 1.51. The van der Waals surface area contributed by atoms with Crippen molar-refractivity contribution in [3.63, 3.8) is 0 Å². The van der Waals surface area contributed by atoms with Crippen LogP contribution in [0, 0.1) is 0 Å². The number of para-hydroxylation sites is 1. The molecular formula is C15H14N4OS. The Hall–Kier alpha value is -2.34. The normalized spacial score (nSPS) is 10.8. The summed E-state index contributed by atoms with van der Waals surface area (Å²) in [6.07, 6.45) is 3.53. The maximum absolute atomic E-state index is 11.2. The number of Topliss-reactive ketones (excluding diaryl/α,β-unsaturated/α-hetero) is 1. The number of ketones is 1. The van der Waals surface area contributed by atoms with Crippen LogP contribution >= 0.6 is 11.9 Å². The molecule has 0 fully saturated rings. The fraction of sp³-hybridized carbons (Fsp3) is 0.133. The molecule has 3 rings (SSSR count). The largest absolute Gasteiger partial charge is 0.324 e. The van der Waals surface area contributed by atoms with E-state index in [2.05, 4.69) is 14.8 Å². The molecule has 0 aliphatic rings. The summed E-state index contributed by atoms with van der Waals surface area (Å²) >= 11 is 1.46. The van der Waals surface area contributed by atoms with Crippen molar-refractivity contribution in [2.24, 2.45) is 7.05 Å². The summed E-state index contributed by atoms with van der Waals surface area (Å²) in [7, 11) is 1.92. The zero-order valence-electron chi connectivity index (χ0n) is 11.7. The fourth-order valence-corrected chi connectivity index (χ4v) is 2.71. The maximum atomic E-state index is 11.2. The molecule has 0 atom stereocenters. The van der Waals surface area contributed by atoms with Crippen LogP contribution in [0.15, 0.2) is 47.6 Å². The Kier molecular flexibility index (Phi) is 3.62.